The predicted molar refractivity (Wildman–Crippen MR) is 118 cm³/mol. The molecule has 4 bridgehead atoms. The molecule has 30 heavy (non-hydrogen) atoms. The minimum absolute atomic E-state index is 0. The first-order chi connectivity index (χ1) is 13.5. The fourth-order valence-electron chi connectivity index (χ4n) is 5.82. The van der Waals surface area contributed by atoms with Crippen LogP contribution < -0.4 is 35.2 Å². The van der Waals surface area contributed by atoms with Gasteiger partial charge in [0.25, 0.3) is 0 Å². The number of hydrogen-bond donors (Lipinski definition) is 0. The predicted octanol–water partition coefficient (Wildman–Crippen LogP) is -0.579. The largest absolute Gasteiger partial charge is 1.00 e. The molecule has 0 N–H and O–H groups in total. The normalized spacial score (nSPS) is 18.9. The zero-order valence-electron chi connectivity index (χ0n) is 17.9. The van der Waals surface area contributed by atoms with E-state index in [1.807, 2.05) is 6.56 Å². The second-order valence-electron chi connectivity index (χ2n) is 8.48. The number of hydrogen-bond acceptors (Lipinski definition) is 0. The molecule has 2 aliphatic carbocycles. The maximum atomic E-state index is 2.45. The van der Waals surface area contributed by atoms with E-state index in [4.69, 9.17) is 0 Å². The molecule has 1 heterocycles. The topological polar surface area (TPSA) is 0 Å². The van der Waals surface area contributed by atoms with Gasteiger partial charge in [0.1, 0.15) is 0 Å². The molecule has 0 saturated heterocycles. The molecule has 0 spiro atoms. The van der Waals surface area contributed by atoms with Crippen molar-refractivity contribution in [1.82, 2.24) is 0 Å². The Morgan fingerprint density at radius 3 is 1.33 bits per heavy atom. The molecule has 0 radical (unpaired) electrons. The van der Waals surface area contributed by atoms with E-state index >= 15 is 0 Å². The van der Waals surface area contributed by atoms with Crippen LogP contribution in [0.25, 0.3) is 0 Å². The summed E-state index contributed by atoms with van der Waals surface area (Å²) in [6.07, 6.45) is 2.48. The molecule has 4 heteroatoms. The van der Waals surface area contributed by atoms with Crippen molar-refractivity contribution in [3.63, 3.8) is 0 Å². The summed E-state index contributed by atoms with van der Waals surface area (Å²) in [5.41, 5.74) is 6.63. The van der Waals surface area contributed by atoms with Gasteiger partial charge in [-0.1, -0.05) is 0 Å². The molecule has 0 atom stereocenters. The number of fused-ring (bicyclic) bond motifs is 2. The summed E-state index contributed by atoms with van der Waals surface area (Å²) < 4.78 is 3.67. The Morgan fingerprint density at radius 2 is 0.967 bits per heavy atom. The van der Waals surface area contributed by atoms with Crippen molar-refractivity contribution in [2.24, 2.45) is 0 Å². The van der Waals surface area contributed by atoms with Gasteiger partial charge < -0.3 is 24.8 Å². The summed E-state index contributed by atoms with van der Waals surface area (Å²) in [7, 11) is -2.27. The standard InChI is InChI=1S/C26H26Si.2ClH.Zr/c1-19-15-16-20(2)25(19)27(23-11-7-5-8-12-23,24-13-9-6-10-14-24)26-21(3)17-18-22(26)4;;;/h5-14H,15,17H2,1-4H3;2*1H;/q;;;+2/p-2. The van der Waals surface area contributed by atoms with Crippen LogP contribution in [0.15, 0.2) is 99.9 Å². The Labute approximate surface area is 205 Å². The molecule has 0 saturated carbocycles. The molecule has 0 fully saturated rings. The molecule has 0 unspecified atom stereocenters. The van der Waals surface area contributed by atoms with Gasteiger partial charge in [-0.05, 0) is 0 Å². The average Bonchev–Trinajstić information content (AvgIpc) is 3.17. The third-order valence-corrected chi connectivity index (χ3v) is 16.6. The first kappa shape index (κ1) is 23.7. The fraction of sp³-hybridized carbons (Fsp3) is 0.231. The van der Waals surface area contributed by atoms with E-state index in [1.165, 1.54) is 12.8 Å². The van der Waals surface area contributed by atoms with Crippen molar-refractivity contribution in [2.45, 2.75) is 40.5 Å². The molecule has 5 rings (SSSR count). The quantitative estimate of drug-likeness (QED) is 0.458. The first-order valence-corrected chi connectivity index (χ1v) is 14.7. The van der Waals surface area contributed by atoms with Crippen molar-refractivity contribution >= 4 is 18.4 Å². The van der Waals surface area contributed by atoms with E-state index in [0.717, 1.165) is 0 Å². The van der Waals surface area contributed by atoms with Crippen molar-refractivity contribution in [2.75, 3.05) is 0 Å². The maximum Gasteiger partial charge on any atom is -1.00 e. The molecule has 0 nitrogen and oxygen atoms in total. The number of allylic oxidation sites excluding steroid dienone is 8. The van der Waals surface area contributed by atoms with Gasteiger partial charge in [0.15, 0.2) is 0 Å². The van der Waals surface area contributed by atoms with E-state index in [0.29, 0.717) is 0 Å². The van der Waals surface area contributed by atoms with Crippen LogP contribution in [0.3, 0.4) is 0 Å². The summed E-state index contributed by atoms with van der Waals surface area (Å²) in [5.74, 6) is 0. The van der Waals surface area contributed by atoms with Crippen LogP contribution in [0, 0.1) is 0 Å². The number of benzene rings is 2. The molecule has 152 valence electrons. The molecule has 1 aliphatic heterocycles. The van der Waals surface area contributed by atoms with Crippen molar-refractivity contribution in [3.05, 3.63) is 99.9 Å². The smallest absolute Gasteiger partial charge is 1.00 e. The second-order valence-corrected chi connectivity index (χ2v) is 15.7. The fourth-order valence-corrected chi connectivity index (χ4v) is 16.6. The van der Waals surface area contributed by atoms with E-state index in [9.17, 15) is 0 Å². The maximum absolute atomic E-state index is 2.45. The summed E-state index contributed by atoms with van der Waals surface area (Å²) in [4.78, 5) is 0. The van der Waals surface area contributed by atoms with E-state index in [1.54, 1.807) is 43.1 Å². The van der Waals surface area contributed by atoms with Gasteiger partial charge in [-0.3, -0.25) is 0 Å². The number of halogens is 2. The van der Waals surface area contributed by atoms with Gasteiger partial charge in [-0.25, -0.2) is 0 Å². The van der Waals surface area contributed by atoms with E-state index in [2.05, 4.69) is 88.4 Å². The molecular weight excluding hydrogens is 503 g/mol. The summed E-state index contributed by atoms with van der Waals surface area (Å²) in [5, 5.41) is 6.57. The Bertz CT molecular complexity index is 1020. The van der Waals surface area contributed by atoms with Crippen LogP contribution >= 0.6 is 0 Å². The van der Waals surface area contributed by atoms with Crippen LogP contribution in [0.2, 0.25) is 0 Å². The molecule has 0 amide bonds. The third kappa shape index (κ3) is 3.27. The molecule has 2 aromatic rings. The SMILES string of the molecule is CC1=C2C(C)=[C](C1)[Zr+2][C]1=C(C)C(=C(C)C1)[Si]2(c1ccccc1)c1ccccc1.[Cl-].[Cl-]. The molecule has 2 aromatic carbocycles. The summed E-state index contributed by atoms with van der Waals surface area (Å²) in [6.45, 7) is 9.75. The first-order valence-electron chi connectivity index (χ1n) is 10.2. The zero-order chi connectivity index (χ0) is 19.5. The summed E-state index contributed by atoms with van der Waals surface area (Å²) >= 11 is -0.637. The van der Waals surface area contributed by atoms with E-state index < -0.39 is 31.3 Å². The van der Waals surface area contributed by atoms with Crippen molar-refractivity contribution in [3.8, 4) is 0 Å². The third-order valence-electron chi connectivity index (χ3n) is 6.86. The van der Waals surface area contributed by atoms with Crippen LogP contribution in [-0.4, -0.2) is 8.07 Å². The van der Waals surface area contributed by atoms with Crippen molar-refractivity contribution < 1.29 is 48.0 Å². The van der Waals surface area contributed by atoms with Crippen LogP contribution in [0.4, 0.5) is 0 Å². The van der Waals surface area contributed by atoms with Gasteiger partial charge in [0, 0.05) is 0 Å². The molecular formula is C26H26Cl2SiZr. The van der Waals surface area contributed by atoms with Crippen LogP contribution in [0.5, 0.6) is 0 Å². The van der Waals surface area contributed by atoms with Gasteiger partial charge in [-0.2, -0.15) is 0 Å². The summed E-state index contributed by atoms with van der Waals surface area (Å²) in [6, 6.07) is 23.0. The van der Waals surface area contributed by atoms with Gasteiger partial charge in [0.05, 0.1) is 0 Å². The second kappa shape index (κ2) is 8.91. The minimum atomic E-state index is -2.27. The van der Waals surface area contributed by atoms with Gasteiger partial charge >= 0.3 is 182 Å². The molecule has 3 aliphatic rings. The van der Waals surface area contributed by atoms with Crippen LogP contribution in [0.1, 0.15) is 40.5 Å². The monoisotopic (exact) mass is 526 g/mol. The van der Waals surface area contributed by atoms with Gasteiger partial charge in [-0.15, -0.1) is 0 Å². The number of rotatable bonds is 2. The van der Waals surface area contributed by atoms with E-state index in [-0.39, 0.29) is 24.8 Å². The average molecular weight is 529 g/mol. The molecule has 0 aromatic heterocycles. The van der Waals surface area contributed by atoms with Crippen molar-refractivity contribution in [1.29, 1.82) is 0 Å². The Hall–Kier alpha value is -0.920. The Balaban J connectivity index is 0.00000128. The Kier molecular flexibility index (Phi) is 7.05. The zero-order valence-corrected chi connectivity index (χ0v) is 22.9. The van der Waals surface area contributed by atoms with Crippen LogP contribution in [-0.2, 0) is 23.2 Å². The minimum Gasteiger partial charge on any atom is -1.00 e. The van der Waals surface area contributed by atoms with Gasteiger partial charge in [0.2, 0.25) is 0 Å². The Morgan fingerprint density at radius 1 is 0.600 bits per heavy atom.